The SMILES string of the molecule is NNC(c1ccccn1)C1CCOCC1. The van der Waals surface area contributed by atoms with Gasteiger partial charge in [-0.3, -0.25) is 16.3 Å². The summed E-state index contributed by atoms with van der Waals surface area (Å²) in [6.45, 7) is 1.66. The lowest BCUT2D eigenvalue weighted by molar-refractivity contribution is 0.0531. The number of nitrogens with zero attached hydrogens (tertiary/aromatic N) is 1. The molecular weight excluding hydrogens is 190 g/mol. The van der Waals surface area contributed by atoms with Crippen LogP contribution in [0.3, 0.4) is 0 Å². The average Bonchev–Trinajstić information content (AvgIpc) is 2.33. The van der Waals surface area contributed by atoms with Crippen LogP contribution in [0.4, 0.5) is 0 Å². The minimum atomic E-state index is 0.148. The fraction of sp³-hybridized carbons (Fsp3) is 0.545. The van der Waals surface area contributed by atoms with Crippen LogP contribution in [-0.4, -0.2) is 18.2 Å². The zero-order valence-electron chi connectivity index (χ0n) is 8.73. The van der Waals surface area contributed by atoms with Crippen LogP contribution in [-0.2, 0) is 4.74 Å². The minimum Gasteiger partial charge on any atom is -0.381 e. The summed E-state index contributed by atoms with van der Waals surface area (Å²) in [6, 6.07) is 6.07. The Kier molecular flexibility index (Phi) is 3.66. The highest BCUT2D eigenvalue weighted by Gasteiger charge is 2.25. The first kappa shape index (κ1) is 10.5. The predicted molar refractivity (Wildman–Crippen MR) is 57.8 cm³/mol. The first-order valence-electron chi connectivity index (χ1n) is 5.36. The topological polar surface area (TPSA) is 60.2 Å². The molecule has 1 aliphatic heterocycles. The van der Waals surface area contributed by atoms with Gasteiger partial charge in [0.15, 0.2) is 0 Å². The van der Waals surface area contributed by atoms with Crippen molar-refractivity contribution in [3.63, 3.8) is 0 Å². The number of hydrogen-bond acceptors (Lipinski definition) is 4. The average molecular weight is 207 g/mol. The van der Waals surface area contributed by atoms with Crippen molar-refractivity contribution < 1.29 is 4.74 Å². The summed E-state index contributed by atoms with van der Waals surface area (Å²) < 4.78 is 5.34. The van der Waals surface area contributed by atoms with Gasteiger partial charge in [0.2, 0.25) is 0 Å². The molecule has 0 saturated carbocycles. The summed E-state index contributed by atoms with van der Waals surface area (Å²) in [5, 5.41) is 0. The van der Waals surface area contributed by atoms with E-state index in [4.69, 9.17) is 10.6 Å². The third-order valence-corrected chi connectivity index (χ3v) is 2.92. The smallest absolute Gasteiger partial charge is 0.0661 e. The van der Waals surface area contributed by atoms with Gasteiger partial charge >= 0.3 is 0 Å². The van der Waals surface area contributed by atoms with Crippen molar-refractivity contribution in [3.05, 3.63) is 30.1 Å². The normalized spacial score (nSPS) is 20.1. The van der Waals surface area contributed by atoms with Crippen LogP contribution in [0.15, 0.2) is 24.4 Å². The highest BCUT2D eigenvalue weighted by molar-refractivity contribution is 5.09. The van der Waals surface area contributed by atoms with Gasteiger partial charge in [-0.2, -0.15) is 0 Å². The Bertz CT molecular complexity index is 285. The molecule has 0 aliphatic carbocycles. The summed E-state index contributed by atoms with van der Waals surface area (Å²) in [5.41, 5.74) is 3.89. The molecule has 4 nitrogen and oxygen atoms in total. The molecule has 82 valence electrons. The Balaban J connectivity index is 2.09. The number of pyridine rings is 1. The van der Waals surface area contributed by atoms with Crippen LogP contribution >= 0.6 is 0 Å². The van der Waals surface area contributed by atoms with Gasteiger partial charge in [-0.15, -0.1) is 0 Å². The third kappa shape index (κ3) is 2.53. The van der Waals surface area contributed by atoms with Crippen LogP contribution < -0.4 is 11.3 Å². The highest BCUT2D eigenvalue weighted by Crippen LogP contribution is 2.27. The van der Waals surface area contributed by atoms with E-state index in [1.165, 1.54) is 0 Å². The molecule has 2 heterocycles. The van der Waals surface area contributed by atoms with E-state index < -0.39 is 0 Å². The quantitative estimate of drug-likeness (QED) is 0.573. The van der Waals surface area contributed by atoms with Gasteiger partial charge in [0.05, 0.1) is 11.7 Å². The van der Waals surface area contributed by atoms with E-state index in [2.05, 4.69) is 10.4 Å². The van der Waals surface area contributed by atoms with Crippen molar-refractivity contribution in [2.75, 3.05) is 13.2 Å². The van der Waals surface area contributed by atoms with Crippen molar-refractivity contribution in [3.8, 4) is 0 Å². The maximum Gasteiger partial charge on any atom is 0.0661 e. The largest absolute Gasteiger partial charge is 0.381 e. The Morgan fingerprint density at radius 1 is 1.40 bits per heavy atom. The monoisotopic (exact) mass is 207 g/mol. The lowest BCUT2D eigenvalue weighted by Gasteiger charge is -2.29. The fourth-order valence-corrected chi connectivity index (χ4v) is 2.07. The highest BCUT2D eigenvalue weighted by atomic mass is 16.5. The molecular formula is C11H17N3O. The van der Waals surface area contributed by atoms with Crippen molar-refractivity contribution in [1.82, 2.24) is 10.4 Å². The Morgan fingerprint density at radius 3 is 2.80 bits per heavy atom. The molecule has 0 radical (unpaired) electrons. The summed E-state index contributed by atoms with van der Waals surface area (Å²) in [7, 11) is 0. The molecule has 1 aromatic heterocycles. The van der Waals surface area contributed by atoms with Crippen LogP contribution in [0, 0.1) is 5.92 Å². The second-order valence-electron chi connectivity index (χ2n) is 3.85. The molecule has 4 heteroatoms. The molecule has 0 aromatic carbocycles. The van der Waals surface area contributed by atoms with Gasteiger partial charge < -0.3 is 4.74 Å². The van der Waals surface area contributed by atoms with Crippen LogP contribution in [0.5, 0.6) is 0 Å². The molecule has 1 aromatic rings. The van der Waals surface area contributed by atoms with Gasteiger partial charge in [-0.05, 0) is 30.9 Å². The van der Waals surface area contributed by atoms with Gasteiger partial charge in [-0.1, -0.05) is 6.07 Å². The van der Waals surface area contributed by atoms with Gasteiger partial charge in [-0.25, -0.2) is 0 Å². The van der Waals surface area contributed by atoms with E-state index >= 15 is 0 Å². The van der Waals surface area contributed by atoms with E-state index in [1.54, 1.807) is 6.20 Å². The third-order valence-electron chi connectivity index (χ3n) is 2.92. The molecule has 15 heavy (non-hydrogen) atoms. The number of nitrogens with two attached hydrogens (primary N) is 1. The van der Waals surface area contributed by atoms with Gasteiger partial charge in [0.1, 0.15) is 0 Å². The van der Waals surface area contributed by atoms with Crippen molar-refractivity contribution >= 4 is 0 Å². The predicted octanol–water partition coefficient (Wildman–Crippen LogP) is 1.01. The van der Waals surface area contributed by atoms with Crippen molar-refractivity contribution in [2.45, 2.75) is 18.9 Å². The Labute approximate surface area is 89.8 Å². The molecule has 0 spiro atoms. The number of rotatable bonds is 3. The summed E-state index contributed by atoms with van der Waals surface area (Å²) in [4.78, 5) is 4.34. The number of hydrogen-bond donors (Lipinski definition) is 2. The zero-order valence-corrected chi connectivity index (χ0v) is 8.73. The summed E-state index contributed by atoms with van der Waals surface area (Å²) in [5.74, 6) is 6.13. The first-order chi connectivity index (χ1) is 7.42. The summed E-state index contributed by atoms with van der Waals surface area (Å²) in [6.07, 6.45) is 3.90. The van der Waals surface area contributed by atoms with Crippen LogP contribution in [0.2, 0.25) is 0 Å². The second-order valence-corrected chi connectivity index (χ2v) is 3.85. The molecule has 1 saturated heterocycles. The number of ether oxygens (including phenoxy) is 1. The molecule has 1 unspecified atom stereocenters. The van der Waals surface area contributed by atoms with E-state index in [1.807, 2.05) is 18.2 Å². The van der Waals surface area contributed by atoms with Crippen molar-refractivity contribution in [1.29, 1.82) is 0 Å². The molecule has 1 atom stereocenters. The molecule has 3 N–H and O–H groups in total. The molecule has 0 bridgehead atoms. The van der Waals surface area contributed by atoms with E-state index in [0.29, 0.717) is 5.92 Å². The van der Waals surface area contributed by atoms with E-state index in [0.717, 1.165) is 31.7 Å². The molecule has 2 rings (SSSR count). The Hall–Kier alpha value is -0.970. The first-order valence-corrected chi connectivity index (χ1v) is 5.36. The summed E-state index contributed by atoms with van der Waals surface area (Å²) >= 11 is 0. The lowest BCUT2D eigenvalue weighted by atomic mass is 9.90. The van der Waals surface area contributed by atoms with E-state index in [9.17, 15) is 0 Å². The second kappa shape index (κ2) is 5.21. The Morgan fingerprint density at radius 2 is 2.20 bits per heavy atom. The lowest BCUT2D eigenvalue weighted by Crippen LogP contribution is -2.36. The molecule has 1 fully saturated rings. The number of aromatic nitrogens is 1. The van der Waals surface area contributed by atoms with Gasteiger partial charge in [0, 0.05) is 19.4 Å². The van der Waals surface area contributed by atoms with Crippen LogP contribution in [0.25, 0.3) is 0 Å². The minimum absolute atomic E-state index is 0.148. The molecule has 1 aliphatic rings. The number of nitrogens with one attached hydrogen (secondary N) is 1. The van der Waals surface area contributed by atoms with Crippen molar-refractivity contribution in [2.24, 2.45) is 11.8 Å². The van der Waals surface area contributed by atoms with Gasteiger partial charge in [0.25, 0.3) is 0 Å². The fourth-order valence-electron chi connectivity index (χ4n) is 2.07. The zero-order chi connectivity index (χ0) is 10.5. The number of hydrazine groups is 1. The van der Waals surface area contributed by atoms with E-state index in [-0.39, 0.29) is 6.04 Å². The standard InChI is InChI=1S/C11H17N3O/c12-14-11(9-4-7-15-8-5-9)10-3-1-2-6-13-10/h1-3,6,9,11,14H,4-5,7-8,12H2. The van der Waals surface area contributed by atoms with Crippen LogP contribution in [0.1, 0.15) is 24.6 Å². The maximum absolute atomic E-state index is 5.60. The molecule has 0 amide bonds. The maximum atomic E-state index is 5.60.